The molecule has 1 aliphatic carbocycles. The van der Waals surface area contributed by atoms with Crippen LogP contribution in [0.5, 0.6) is 0 Å². The lowest BCUT2D eigenvalue weighted by Gasteiger charge is -2.36. The van der Waals surface area contributed by atoms with Crippen molar-refractivity contribution in [2.24, 2.45) is 0 Å². The maximum absolute atomic E-state index is 13.2. The Bertz CT molecular complexity index is 1180. The first-order chi connectivity index (χ1) is 16.3. The van der Waals surface area contributed by atoms with E-state index in [0.29, 0.717) is 24.9 Å². The minimum Gasteiger partial charge on any atom is -0.350 e. The van der Waals surface area contributed by atoms with Gasteiger partial charge in [-0.15, -0.1) is 0 Å². The Morgan fingerprint density at radius 2 is 1.79 bits per heavy atom. The van der Waals surface area contributed by atoms with E-state index in [0.717, 1.165) is 24.8 Å². The van der Waals surface area contributed by atoms with Crippen molar-refractivity contribution >= 4 is 21.8 Å². The number of aryl methyl sites for hydroxylation is 1. The Hall–Kier alpha value is -2.97. The third kappa shape index (κ3) is 5.08. The van der Waals surface area contributed by atoms with Crippen molar-refractivity contribution in [3.63, 3.8) is 0 Å². The molecule has 1 fully saturated rings. The van der Waals surface area contributed by atoms with Crippen LogP contribution in [0, 0.1) is 0 Å². The van der Waals surface area contributed by atoms with Gasteiger partial charge in [-0.1, -0.05) is 30.8 Å². The molecule has 1 aliphatic heterocycles. The maximum Gasteiger partial charge on any atom is 0.251 e. The molecule has 0 spiro atoms. The summed E-state index contributed by atoms with van der Waals surface area (Å²) >= 11 is 0. The molecular formula is C26H31N3O4S. The number of sulfonamides is 1. The second kappa shape index (κ2) is 10.1. The minimum atomic E-state index is -3.71. The van der Waals surface area contributed by atoms with Gasteiger partial charge in [0, 0.05) is 24.2 Å². The summed E-state index contributed by atoms with van der Waals surface area (Å²) in [6.07, 6.45) is 5.21. The lowest BCUT2D eigenvalue weighted by atomic mass is 9.87. The van der Waals surface area contributed by atoms with E-state index in [1.807, 2.05) is 19.1 Å². The quantitative estimate of drug-likeness (QED) is 0.619. The van der Waals surface area contributed by atoms with Gasteiger partial charge in [0.25, 0.3) is 5.91 Å². The number of amides is 2. The van der Waals surface area contributed by atoms with Gasteiger partial charge >= 0.3 is 0 Å². The third-order valence-electron chi connectivity index (χ3n) is 6.74. The number of nitrogens with one attached hydrogen (secondary N) is 2. The van der Waals surface area contributed by atoms with Crippen molar-refractivity contribution in [2.45, 2.75) is 62.0 Å². The van der Waals surface area contributed by atoms with E-state index in [-0.39, 0.29) is 34.8 Å². The van der Waals surface area contributed by atoms with Gasteiger partial charge in [0.2, 0.25) is 15.9 Å². The summed E-state index contributed by atoms with van der Waals surface area (Å²) in [5, 5.41) is 5.95. The zero-order chi connectivity index (χ0) is 24.3. The van der Waals surface area contributed by atoms with Gasteiger partial charge in [-0.2, -0.15) is 4.31 Å². The normalized spacial score (nSPS) is 22.9. The van der Waals surface area contributed by atoms with Gasteiger partial charge in [0.15, 0.2) is 0 Å². The Morgan fingerprint density at radius 3 is 2.50 bits per heavy atom. The van der Waals surface area contributed by atoms with Gasteiger partial charge in [-0.05, 0) is 80.5 Å². The lowest BCUT2D eigenvalue weighted by Crippen LogP contribution is -2.50. The molecule has 0 radical (unpaired) electrons. The molecule has 0 saturated carbocycles. The van der Waals surface area contributed by atoms with Crippen molar-refractivity contribution in [1.82, 2.24) is 14.9 Å². The number of rotatable bonds is 6. The van der Waals surface area contributed by atoms with E-state index in [9.17, 15) is 18.0 Å². The van der Waals surface area contributed by atoms with Gasteiger partial charge in [-0.3, -0.25) is 9.59 Å². The Morgan fingerprint density at radius 1 is 1.06 bits per heavy atom. The summed E-state index contributed by atoms with van der Waals surface area (Å²) < 4.78 is 27.9. The van der Waals surface area contributed by atoms with Crippen molar-refractivity contribution in [3.05, 3.63) is 77.9 Å². The summed E-state index contributed by atoms with van der Waals surface area (Å²) in [6.45, 7) is 5.61. The smallest absolute Gasteiger partial charge is 0.251 e. The van der Waals surface area contributed by atoms with Crippen LogP contribution in [0.2, 0.25) is 0 Å². The second-order valence-electron chi connectivity index (χ2n) is 9.04. The first kappa shape index (κ1) is 24.2. The standard InChI is InChI=1S/C26H31N3O4S/c1-3-25(30)27-21-15-16-29(18(2)17-21)34(32,33)22-13-11-20(12-14-22)26(31)28-24-10-6-8-19-7-4-5-9-23(19)24/h3-5,7,9,11-14,18,21,24H,1,6,8,10,15-17H2,2H3,(H,27,30)(H,28,31). The SMILES string of the molecule is C=CC(=O)NC1CCN(S(=O)(=O)c2ccc(C(=O)NC3CCCc4ccccc43)cc2)C(C)C1. The third-order valence-corrected chi connectivity index (χ3v) is 8.77. The Labute approximate surface area is 201 Å². The zero-order valence-corrected chi connectivity index (χ0v) is 20.2. The van der Waals surface area contributed by atoms with Crippen LogP contribution >= 0.6 is 0 Å². The number of carbonyl (C=O) groups excluding carboxylic acids is 2. The van der Waals surface area contributed by atoms with Crippen molar-refractivity contribution < 1.29 is 18.0 Å². The monoisotopic (exact) mass is 481 g/mol. The molecule has 4 rings (SSSR count). The highest BCUT2D eigenvalue weighted by Crippen LogP contribution is 2.30. The number of hydrogen-bond donors (Lipinski definition) is 2. The lowest BCUT2D eigenvalue weighted by molar-refractivity contribution is -0.117. The van der Waals surface area contributed by atoms with Crippen LogP contribution < -0.4 is 10.6 Å². The zero-order valence-electron chi connectivity index (χ0n) is 19.4. The second-order valence-corrected chi connectivity index (χ2v) is 10.9. The van der Waals surface area contributed by atoms with E-state index in [1.165, 1.54) is 28.1 Å². The molecule has 34 heavy (non-hydrogen) atoms. The molecule has 1 saturated heterocycles. The summed E-state index contributed by atoms with van der Waals surface area (Å²) in [7, 11) is -3.71. The van der Waals surface area contributed by atoms with Crippen molar-refractivity contribution in [3.8, 4) is 0 Å². The Balaban J connectivity index is 1.42. The summed E-state index contributed by atoms with van der Waals surface area (Å²) in [5.41, 5.74) is 2.85. The molecule has 3 unspecified atom stereocenters. The van der Waals surface area contributed by atoms with Gasteiger partial charge in [0.05, 0.1) is 10.9 Å². The predicted octanol–water partition coefficient (Wildman–Crippen LogP) is 3.34. The van der Waals surface area contributed by atoms with Crippen LogP contribution in [0.3, 0.4) is 0 Å². The molecular weight excluding hydrogens is 450 g/mol. The van der Waals surface area contributed by atoms with Gasteiger partial charge in [-0.25, -0.2) is 8.42 Å². The largest absolute Gasteiger partial charge is 0.350 e. The number of hydrogen-bond acceptors (Lipinski definition) is 4. The van der Waals surface area contributed by atoms with Crippen molar-refractivity contribution in [2.75, 3.05) is 6.54 Å². The highest BCUT2D eigenvalue weighted by molar-refractivity contribution is 7.89. The fourth-order valence-corrected chi connectivity index (χ4v) is 6.61. The van der Waals surface area contributed by atoms with E-state index in [1.54, 1.807) is 12.1 Å². The number of nitrogens with zero attached hydrogens (tertiary/aromatic N) is 1. The number of benzene rings is 2. The molecule has 0 aromatic heterocycles. The first-order valence-corrected chi connectivity index (χ1v) is 13.2. The molecule has 2 aromatic carbocycles. The molecule has 2 aromatic rings. The number of fused-ring (bicyclic) bond motifs is 1. The summed E-state index contributed by atoms with van der Waals surface area (Å²) in [4.78, 5) is 24.6. The molecule has 2 amide bonds. The molecule has 1 heterocycles. The molecule has 2 N–H and O–H groups in total. The Kier molecular flexibility index (Phi) is 7.19. The fraction of sp³-hybridized carbons (Fsp3) is 0.385. The van der Waals surface area contributed by atoms with Gasteiger partial charge < -0.3 is 10.6 Å². The summed E-state index contributed by atoms with van der Waals surface area (Å²) in [5.74, 6) is -0.461. The van der Waals surface area contributed by atoms with Crippen LogP contribution in [0.25, 0.3) is 0 Å². The minimum absolute atomic E-state index is 0.0374. The van der Waals surface area contributed by atoms with Crippen LogP contribution in [-0.4, -0.2) is 43.2 Å². The summed E-state index contributed by atoms with van der Waals surface area (Å²) in [6, 6.07) is 13.9. The van der Waals surface area contributed by atoms with E-state index >= 15 is 0 Å². The van der Waals surface area contributed by atoms with E-state index < -0.39 is 10.0 Å². The van der Waals surface area contributed by atoms with Crippen LogP contribution in [-0.2, 0) is 21.2 Å². The van der Waals surface area contributed by atoms with Crippen LogP contribution in [0.15, 0.2) is 66.1 Å². The topological polar surface area (TPSA) is 95.6 Å². The number of carbonyl (C=O) groups is 2. The fourth-order valence-electron chi connectivity index (χ4n) is 4.96. The highest BCUT2D eigenvalue weighted by atomic mass is 32.2. The average molecular weight is 482 g/mol. The van der Waals surface area contributed by atoms with E-state index in [2.05, 4.69) is 29.3 Å². The first-order valence-electron chi connectivity index (χ1n) is 11.7. The number of piperidine rings is 1. The molecule has 0 bridgehead atoms. The predicted molar refractivity (Wildman–Crippen MR) is 131 cm³/mol. The highest BCUT2D eigenvalue weighted by Gasteiger charge is 2.35. The van der Waals surface area contributed by atoms with Gasteiger partial charge in [0.1, 0.15) is 0 Å². The van der Waals surface area contributed by atoms with Crippen LogP contribution in [0.4, 0.5) is 0 Å². The average Bonchev–Trinajstić information content (AvgIpc) is 2.84. The molecule has 180 valence electrons. The molecule has 7 nitrogen and oxygen atoms in total. The van der Waals surface area contributed by atoms with Crippen molar-refractivity contribution in [1.29, 1.82) is 0 Å². The molecule has 2 aliphatic rings. The molecule has 3 atom stereocenters. The maximum atomic E-state index is 13.2. The van der Waals surface area contributed by atoms with E-state index in [4.69, 9.17) is 0 Å². The van der Waals surface area contributed by atoms with Crippen LogP contribution in [0.1, 0.15) is 60.1 Å². The molecule has 8 heteroatoms.